The van der Waals surface area contributed by atoms with Gasteiger partial charge in [0.2, 0.25) is 0 Å². The highest BCUT2D eigenvalue weighted by molar-refractivity contribution is 5.49. The molecular formula is C2H5N4O3-. The Balaban J connectivity index is 3.25. The Kier molecular flexibility index (Phi) is 4.09. The zero-order valence-electron chi connectivity index (χ0n) is 4.43. The van der Waals surface area contributed by atoms with Gasteiger partial charge < -0.3 is 10.9 Å². The second-order valence-corrected chi connectivity index (χ2v) is 0.770. The van der Waals surface area contributed by atoms with Gasteiger partial charge in [0, 0.05) is 12.1 Å². The molecule has 0 radical (unpaired) electrons. The molecule has 0 saturated heterocycles. The van der Waals surface area contributed by atoms with Crippen LogP contribution in [0.1, 0.15) is 0 Å². The number of nitrogens with two attached hydrogens (primary N) is 1. The summed E-state index contributed by atoms with van der Waals surface area (Å²) in [6, 6.07) is 0. The summed E-state index contributed by atoms with van der Waals surface area (Å²) in [5, 5.41) is 15.2. The van der Waals surface area contributed by atoms with Crippen LogP contribution in [-0.4, -0.2) is 18.4 Å². The molecule has 0 aromatic heterocycles. The topological polar surface area (TPSA) is 95.5 Å². The summed E-state index contributed by atoms with van der Waals surface area (Å²) in [5.41, 5.74) is 4.69. The van der Waals surface area contributed by atoms with Gasteiger partial charge in [-0.3, -0.25) is 9.88 Å². The molecule has 52 valence electrons. The van der Waals surface area contributed by atoms with Crippen LogP contribution >= 0.6 is 0 Å². The summed E-state index contributed by atoms with van der Waals surface area (Å²) >= 11 is 0. The zero-order chi connectivity index (χ0) is 7.11. The lowest BCUT2D eigenvalue weighted by molar-refractivity contribution is -0.337. The van der Waals surface area contributed by atoms with Gasteiger partial charge in [-0.15, -0.1) is 0 Å². The fourth-order valence-corrected chi connectivity index (χ4v) is 0.128. The number of nitrogens with zero attached hydrogens (tertiary/aromatic N) is 3. The van der Waals surface area contributed by atoms with Crippen LogP contribution in [0.25, 0.3) is 0 Å². The van der Waals surface area contributed by atoms with Crippen LogP contribution in [0.15, 0.2) is 10.3 Å². The second kappa shape index (κ2) is 4.81. The third-order valence-corrected chi connectivity index (χ3v) is 0.299. The van der Waals surface area contributed by atoms with Gasteiger partial charge in [0.1, 0.15) is 6.34 Å². The van der Waals surface area contributed by atoms with Crippen molar-refractivity contribution in [1.29, 1.82) is 0 Å². The van der Waals surface area contributed by atoms with Gasteiger partial charge in [0.15, 0.2) is 0 Å². The van der Waals surface area contributed by atoms with Crippen molar-refractivity contribution < 1.29 is 9.88 Å². The average Bonchev–Trinajstić information content (AvgIpc) is 1.85. The van der Waals surface area contributed by atoms with E-state index in [4.69, 9.17) is 0 Å². The summed E-state index contributed by atoms with van der Waals surface area (Å²) in [5.74, 6) is 0. The van der Waals surface area contributed by atoms with E-state index in [1.807, 2.05) is 0 Å². The van der Waals surface area contributed by atoms with Crippen molar-refractivity contribution >= 4 is 13.1 Å². The molecule has 0 amide bonds. The van der Waals surface area contributed by atoms with Crippen LogP contribution in [0.5, 0.6) is 0 Å². The molecule has 0 aliphatic rings. The Morgan fingerprint density at radius 3 is 2.78 bits per heavy atom. The lowest BCUT2D eigenvalue weighted by atomic mass is 11.4. The van der Waals surface area contributed by atoms with Gasteiger partial charge in [-0.1, -0.05) is 5.16 Å². The summed E-state index contributed by atoms with van der Waals surface area (Å²) < 4.78 is 0. The summed E-state index contributed by atoms with van der Waals surface area (Å²) in [4.78, 5) is 7.54. The molecule has 0 atom stereocenters. The predicted molar refractivity (Wildman–Crippen MR) is 29.6 cm³/mol. The number of hydrogen-bond acceptors (Lipinski definition) is 6. The molecular weight excluding hydrogens is 128 g/mol. The minimum absolute atomic E-state index is 0.365. The fraction of sp³-hybridized carbons (Fsp3) is 0. The molecule has 0 bridgehead atoms. The molecule has 7 heteroatoms. The Morgan fingerprint density at radius 2 is 2.33 bits per heavy atom. The largest absolute Gasteiger partial charge is 0.714 e. The van der Waals surface area contributed by atoms with Gasteiger partial charge in [-0.25, -0.2) is 0 Å². The number of oxime groups is 2. The Hall–Kier alpha value is -1.34. The maximum Gasteiger partial charge on any atom is 0.128 e. The fourth-order valence-electron chi connectivity index (χ4n) is 0.128. The highest BCUT2D eigenvalue weighted by Gasteiger charge is 1.82. The molecule has 2 N–H and O–H groups in total. The van der Waals surface area contributed by atoms with Crippen molar-refractivity contribution in [2.75, 3.05) is 0 Å². The smallest absolute Gasteiger partial charge is 0.128 e. The van der Waals surface area contributed by atoms with E-state index in [0.29, 0.717) is 0 Å². The Morgan fingerprint density at radius 1 is 1.67 bits per heavy atom. The molecule has 0 saturated carbocycles. The van der Waals surface area contributed by atoms with Crippen molar-refractivity contribution in [2.24, 2.45) is 16.0 Å². The van der Waals surface area contributed by atoms with Crippen LogP contribution in [0, 0.1) is 5.21 Å². The maximum absolute atomic E-state index is 9.97. The molecule has 0 heterocycles. The van der Waals surface area contributed by atoms with E-state index in [0.717, 1.165) is 6.34 Å². The SMILES string of the molecule is C=NON([O-])ON=CN. The first-order chi connectivity index (χ1) is 4.31. The minimum atomic E-state index is -0.365. The normalized spacial score (nSPS) is 10.0. The Labute approximate surface area is 50.8 Å². The number of hydrogen-bond donors (Lipinski definition) is 1. The van der Waals surface area contributed by atoms with Gasteiger partial charge >= 0.3 is 0 Å². The third-order valence-electron chi connectivity index (χ3n) is 0.299. The van der Waals surface area contributed by atoms with Crippen molar-refractivity contribution in [2.45, 2.75) is 0 Å². The molecule has 0 aromatic rings. The van der Waals surface area contributed by atoms with Gasteiger partial charge in [-0.05, 0) is 5.16 Å². The van der Waals surface area contributed by atoms with Crippen LogP contribution < -0.4 is 5.73 Å². The molecule has 0 rings (SSSR count). The van der Waals surface area contributed by atoms with Crippen molar-refractivity contribution in [3.05, 3.63) is 5.21 Å². The predicted octanol–water partition coefficient (Wildman–Crippen LogP) is -0.833. The Bertz CT molecular complexity index is 104. The zero-order valence-corrected chi connectivity index (χ0v) is 4.43. The molecule has 7 nitrogen and oxygen atoms in total. The van der Waals surface area contributed by atoms with E-state index in [1.165, 1.54) is 0 Å². The maximum atomic E-state index is 9.97. The summed E-state index contributed by atoms with van der Waals surface area (Å²) in [6.07, 6.45) is 0.775. The van der Waals surface area contributed by atoms with Crippen LogP contribution in [0.2, 0.25) is 0 Å². The first-order valence-corrected chi connectivity index (χ1v) is 1.82. The highest BCUT2D eigenvalue weighted by Crippen LogP contribution is 1.86. The second-order valence-electron chi connectivity index (χ2n) is 0.770. The molecule has 0 fully saturated rings. The molecule has 0 aliphatic carbocycles. The molecule has 0 aliphatic heterocycles. The van der Waals surface area contributed by atoms with Crippen LogP contribution in [0.4, 0.5) is 0 Å². The van der Waals surface area contributed by atoms with Crippen LogP contribution in [0.3, 0.4) is 0 Å². The van der Waals surface area contributed by atoms with E-state index in [2.05, 4.69) is 32.6 Å². The standard InChI is InChI=1S/C2H5N4O3/c1-4-8-6(7)9-5-2-3/h2H,1H2,(H2,3,5)/q-1. The van der Waals surface area contributed by atoms with Crippen molar-refractivity contribution in [3.8, 4) is 0 Å². The number of rotatable bonds is 4. The molecule has 0 spiro atoms. The van der Waals surface area contributed by atoms with E-state index in [-0.39, 0.29) is 5.39 Å². The van der Waals surface area contributed by atoms with E-state index in [9.17, 15) is 5.21 Å². The first-order valence-electron chi connectivity index (χ1n) is 1.82. The van der Waals surface area contributed by atoms with E-state index >= 15 is 0 Å². The molecule has 9 heavy (non-hydrogen) atoms. The molecule has 0 unspecified atom stereocenters. The first kappa shape index (κ1) is 7.66. The monoisotopic (exact) mass is 133 g/mol. The molecule has 0 aromatic carbocycles. The quantitative estimate of drug-likeness (QED) is 0.306. The lowest BCUT2D eigenvalue weighted by Crippen LogP contribution is -2.11. The highest BCUT2D eigenvalue weighted by atomic mass is 17.2. The lowest BCUT2D eigenvalue weighted by Gasteiger charge is -2.16. The van der Waals surface area contributed by atoms with Crippen molar-refractivity contribution in [1.82, 2.24) is 5.39 Å². The summed E-state index contributed by atoms with van der Waals surface area (Å²) in [7, 11) is 0. The minimum Gasteiger partial charge on any atom is -0.714 e. The van der Waals surface area contributed by atoms with Crippen molar-refractivity contribution in [3.63, 3.8) is 0 Å². The summed E-state index contributed by atoms with van der Waals surface area (Å²) in [6.45, 7) is 2.83. The van der Waals surface area contributed by atoms with Crippen LogP contribution in [-0.2, 0) is 9.88 Å². The third kappa shape index (κ3) is 4.51. The van der Waals surface area contributed by atoms with Gasteiger partial charge in [0.05, 0.1) is 0 Å². The van der Waals surface area contributed by atoms with E-state index in [1.54, 1.807) is 0 Å². The van der Waals surface area contributed by atoms with Gasteiger partial charge in [0.25, 0.3) is 0 Å². The average molecular weight is 133 g/mol. The van der Waals surface area contributed by atoms with E-state index < -0.39 is 0 Å². The van der Waals surface area contributed by atoms with Gasteiger partial charge in [-0.2, -0.15) is 0 Å².